The van der Waals surface area contributed by atoms with Crippen LogP contribution in [0.1, 0.15) is 31.6 Å². The molecule has 2 fully saturated rings. The van der Waals surface area contributed by atoms with Crippen molar-refractivity contribution in [2.45, 2.75) is 45.9 Å². The maximum Gasteiger partial charge on any atom is 0.315 e. The zero-order valence-corrected chi connectivity index (χ0v) is 12.2. The predicted octanol–water partition coefficient (Wildman–Crippen LogP) is 2.20. The molecule has 110 valence electrons. The molecule has 2 heterocycles. The minimum Gasteiger partial charge on any atom is -0.469 e. The fourth-order valence-corrected chi connectivity index (χ4v) is 3.58. The first-order chi connectivity index (χ1) is 9.50. The molecule has 5 heteroatoms. The summed E-state index contributed by atoms with van der Waals surface area (Å²) in [6.07, 6.45) is 2.98. The third kappa shape index (κ3) is 2.10. The van der Waals surface area contributed by atoms with Gasteiger partial charge in [0.2, 0.25) is 0 Å². The molecule has 1 aliphatic carbocycles. The molecule has 1 saturated carbocycles. The third-order valence-corrected chi connectivity index (χ3v) is 4.79. The smallest absolute Gasteiger partial charge is 0.315 e. The molecule has 0 bridgehead atoms. The Balaban J connectivity index is 1.53. The number of carbonyl (C=O) groups excluding carboxylic acids is 1. The number of rotatable bonds is 3. The molecule has 3 atom stereocenters. The molecule has 2 aliphatic rings. The summed E-state index contributed by atoms with van der Waals surface area (Å²) in [5, 5.41) is 5.99. The van der Waals surface area contributed by atoms with E-state index in [2.05, 4.69) is 24.5 Å². The van der Waals surface area contributed by atoms with Crippen LogP contribution in [0.15, 0.2) is 16.7 Å². The Hall–Kier alpha value is -1.49. The number of furan rings is 1. The van der Waals surface area contributed by atoms with Crippen LogP contribution in [0.4, 0.5) is 4.79 Å². The second-order valence-electron chi connectivity index (χ2n) is 6.37. The third-order valence-electron chi connectivity index (χ3n) is 4.79. The quantitative estimate of drug-likeness (QED) is 0.891. The predicted molar refractivity (Wildman–Crippen MR) is 74.2 cm³/mol. The summed E-state index contributed by atoms with van der Waals surface area (Å²) in [6, 6.07) is 1.96. The Morgan fingerprint density at radius 3 is 3.00 bits per heavy atom. The molecule has 2 N–H and O–H groups in total. The molecule has 0 aromatic carbocycles. The Bertz CT molecular complexity index is 509. The van der Waals surface area contributed by atoms with Crippen LogP contribution in [0.3, 0.4) is 0 Å². The van der Waals surface area contributed by atoms with Crippen molar-refractivity contribution in [2.75, 3.05) is 6.61 Å². The maximum absolute atomic E-state index is 12.0. The van der Waals surface area contributed by atoms with Gasteiger partial charge in [-0.2, -0.15) is 0 Å². The lowest BCUT2D eigenvalue weighted by atomic mass is 9.57. The molecule has 2 amide bonds. The molecule has 20 heavy (non-hydrogen) atoms. The molecule has 3 rings (SSSR count). The van der Waals surface area contributed by atoms with E-state index in [1.807, 2.05) is 13.0 Å². The molecule has 1 aromatic rings. The molecular weight excluding hydrogens is 256 g/mol. The number of carbonyl (C=O) groups is 1. The monoisotopic (exact) mass is 278 g/mol. The van der Waals surface area contributed by atoms with E-state index in [0.717, 1.165) is 24.4 Å². The summed E-state index contributed by atoms with van der Waals surface area (Å²) in [4.78, 5) is 12.0. The molecule has 0 unspecified atom stereocenters. The van der Waals surface area contributed by atoms with E-state index in [-0.39, 0.29) is 17.5 Å². The summed E-state index contributed by atoms with van der Waals surface area (Å²) < 4.78 is 10.9. The van der Waals surface area contributed by atoms with Crippen LogP contribution in [0, 0.1) is 18.3 Å². The molecule has 5 nitrogen and oxygen atoms in total. The van der Waals surface area contributed by atoms with E-state index in [0.29, 0.717) is 18.6 Å². The highest BCUT2D eigenvalue weighted by atomic mass is 16.5. The fourth-order valence-electron chi connectivity index (χ4n) is 3.58. The summed E-state index contributed by atoms with van der Waals surface area (Å²) in [5.41, 5.74) is 1.03. The van der Waals surface area contributed by atoms with Gasteiger partial charge >= 0.3 is 6.03 Å². The van der Waals surface area contributed by atoms with Crippen molar-refractivity contribution in [1.82, 2.24) is 10.6 Å². The number of hydrogen-bond acceptors (Lipinski definition) is 3. The molecule has 1 aliphatic heterocycles. The highest BCUT2D eigenvalue weighted by Crippen LogP contribution is 2.51. The van der Waals surface area contributed by atoms with Gasteiger partial charge in [0.05, 0.1) is 12.4 Å². The molecule has 0 spiro atoms. The van der Waals surface area contributed by atoms with E-state index in [1.165, 1.54) is 0 Å². The summed E-state index contributed by atoms with van der Waals surface area (Å²) >= 11 is 0. The Morgan fingerprint density at radius 1 is 1.50 bits per heavy atom. The number of fused-ring (bicyclic) bond motifs is 1. The first-order valence-electron chi connectivity index (χ1n) is 7.19. The van der Waals surface area contributed by atoms with Crippen LogP contribution < -0.4 is 10.6 Å². The lowest BCUT2D eigenvalue weighted by Crippen LogP contribution is -2.67. The van der Waals surface area contributed by atoms with E-state index < -0.39 is 0 Å². The Labute approximate surface area is 119 Å². The second kappa shape index (κ2) is 4.81. The van der Waals surface area contributed by atoms with Gasteiger partial charge in [0, 0.05) is 36.1 Å². The van der Waals surface area contributed by atoms with Gasteiger partial charge in [-0.25, -0.2) is 4.79 Å². The Morgan fingerprint density at radius 2 is 2.30 bits per heavy atom. The van der Waals surface area contributed by atoms with Crippen LogP contribution in [-0.4, -0.2) is 24.8 Å². The van der Waals surface area contributed by atoms with E-state index in [4.69, 9.17) is 9.15 Å². The van der Waals surface area contributed by atoms with Crippen LogP contribution in [0.5, 0.6) is 0 Å². The number of aryl methyl sites for hydroxylation is 1. The number of ether oxygens (including phenoxy) is 1. The molecule has 1 saturated heterocycles. The number of urea groups is 1. The van der Waals surface area contributed by atoms with Gasteiger partial charge in [0.25, 0.3) is 0 Å². The molecule has 1 aromatic heterocycles. The van der Waals surface area contributed by atoms with E-state index in [1.54, 1.807) is 6.26 Å². The van der Waals surface area contributed by atoms with Gasteiger partial charge in [-0.05, 0) is 19.4 Å². The minimum atomic E-state index is -0.117. The van der Waals surface area contributed by atoms with Crippen molar-refractivity contribution in [3.05, 3.63) is 23.7 Å². The van der Waals surface area contributed by atoms with Gasteiger partial charge in [0.15, 0.2) is 0 Å². The van der Waals surface area contributed by atoms with Gasteiger partial charge < -0.3 is 19.8 Å². The van der Waals surface area contributed by atoms with E-state index in [9.17, 15) is 4.79 Å². The SMILES string of the molecule is Cc1occc1CNC(=O)N[C@@H]1[C@@H]2CCO[C@@H]2C1(C)C. The summed E-state index contributed by atoms with van der Waals surface area (Å²) in [5.74, 6) is 1.31. The zero-order valence-electron chi connectivity index (χ0n) is 12.2. The topological polar surface area (TPSA) is 63.5 Å². The van der Waals surface area contributed by atoms with Gasteiger partial charge in [0.1, 0.15) is 5.76 Å². The summed E-state index contributed by atoms with van der Waals surface area (Å²) in [7, 11) is 0. The molecule has 0 radical (unpaired) electrons. The van der Waals surface area contributed by atoms with Crippen molar-refractivity contribution in [2.24, 2.45) is 11.3 Å². The van der Waals surface area contributed by atoms with Crippen molar-refractivity contribution >= 4 is 6.03 Å². The Kier molecular flexibility index (Phi) is 3.24. The van der Waals surface area contributed by atoms with Gasteiger partial charge in [-0.15, -0.1) is 0 Å². The highest BCUT2D eigenvalue weighted by molar-refractivity contribution is 5.74. The molecular formula is C15H22N2O3. The summed E-state index contributed by atoms with van der Waals surface area (Å²) in [6.45, 7) is 7.51. The second-order valence-corrected chi connectivity index (χ2v) is 6.37. The van der Waals surface area contributed by atoms with Crippen LogP contribution in [0.2, 0.25) is 0 Å². The van der Waals surface area contributed by atoms with Crippen molar-refractivity contribution in [3.8, 4) is 0 Å². The number of nitrogens with one attached hydrogen (secondary N) is 2. The van der Waals surface area contributed by atoms with Crippen molar-refractivity contribution < 1.29 is 13.9 Å². The zero-order chi connectivity index (χ0) is 14.3. The normalized spacial score (nSPS) is 30.4. The lowest BCUT2D eigenvalue weighted by molar-refractivity contribution is -0.108. The number of hydrogen-bond donors (Lipinski definition) is 2. The standard InChI is InChI=1S/C15H22N2O3/c1-9-10(4-6-19-9)8-16-14(18)17-12-11-5-7-20-13(11)15(12,2)3/h4,6,11-13H,5,7-8H2,1-3H3,(H2,16,17,18)/t11-,12+,13-/m0/s1. The highest BCUT2D eigenvalue weighted by Gasteiger charge is 2.59. The van der Waals surface area contributed by atoms with Gasteiger partial charge in [-0.3, -0.25) is 0 Å². The van der Waals surface area contributed by atoms with Crippen LogP contribution in [0.25, 0.3) is 0 Å². The largest absolute Gasteiger partial charge is 0.469 e. The first-order valence-corrected chi connectivity index (χ1v) is 7.19. The fraction of sp³-hybridized carbons (Fsp3) is 0.667. The average molecular weight is 278 g/mol. The number of amides is 2. The van der Waals surface area contributed by atoms with Crippen LogP contribution in [-0.2, 0) is 11.3 Å². The maximum atomic E-state index is 12.0. The van der Waals surface area contributed by atoms with Crippen LogP contribution >= 0.6 is 0 Å². The van der Waals surface area contributed by atoms with Crippen molar-refractivity contribution in [1.29, 1.82) is 0 Å². The average Bonchev–Trinajstić information content (AvgIpc) is 3.01. The minimum absolute atomic E-state index is 0.0179. The first kappa shape index (κ1) is 13.5. The lowest BCUT2D eigenvalue weighted by Gasteiger charge is -2.54. The van der Waals surface area contributed by atoms with E-state index >= 15 is 0 Å². The van der Waals surface area contributed by atoms with Crippen molar-refractivity contribution in [3.63, 3.8) is 0 Å². The van der Waals surface area contributed by atoms with Gasteiger partial charge in [-0.1, -0.05) is 13.8 Å².